The van der Waals surface area contributed by atoms with Crippen molar-refractivity contribution in [2.45, 2.75) is 26.2 Å². The molecule has 0 unspecified atom stereocenters. The molecule has 0 spiro atoms. The van der Waals surface area contributed by atoms with Crippen LogP contribution in [0.1, 0.15) is 34.3 Å². The smallest absolute Gasteiger partial charge is 0.251 e. The summed E-state index contributed by atoms with van der Waals surface area (Å²) in [5.74, 6) is -0.0252. The van der Waals surface area contributed by atoms with Gasteiger partial charge in [0, 0.05) is 24.5 Å². The van der Waals surface area contributed by atoms with Crippen LogP contribution < -0.4 is 5.32 Å². The summed E-state index contributed by atoms with van der Waals surface area (Å²) in [6.45, 7) is 2.81. The maximum Gasteiger partial charge on any atom is 0.251 e. The highest BCUT2D eigenvalue weighted by Crippen LogP contribution is 2.07. The second kappa shape index (κ2) is 7.43. The summed E-state index contributed by atoms with van der Waals surface area (Å²) < 4.78 is 0. The van der Waals surface area contributed by atoms with E-state index in [4.69, 9.17) is 0 Å². The van der Waals surface area contributed by atoms with Crippen molar-refractivity contribution in [3.8, 4) is 0 Å². The Kier molecular flexibility index (Phi) is 5.30. The number of pyridine rings is 1. The number of aromatic nitrogens is 1. The predicted molar refractivity (Wildman–Crippen MR) is 80.7 cm³/mol. The van der Waals surface area contributed by atoms with Crippen LogP contribution >= 0.6 is 0 Å². The minimum Gasteiger partial charge on any atom is -0.352 e. The van der Waals surface area contributed by atoms with Gasteiger partial charge < -0.3 is 5.32 Å². The molecule has 1 N–H and O–H groups in total. The Hall–Kier alpha value is -2.16. The molecule has 3 nitrogen and oxygen atoms in total. The highest BCUT2D eigenvalue weighted by Gasteiger charge is 2.03. The molecule has 0 radical (unpaired) electrons. The van der Waals surface area contributed by atoms with Gasteiger partial charge in [0.25, 0.3) is 5.91 Å². The Balaban J connectivity index is 1.64. The quantitative estimate of drug-likeness (QED) is 0.818. The van der Waals surface area contributed by atoms with Gasteiger partial charge in [-0.2, -0.15) is 0 Å². The van der Waals surface area contributed by atoms with Crippen molar-refractivity contribution < 1.29 is 4.79 Å². The number of benzene rings is 1. The molecule has 0 fully saturated rings. The summed E-state index contributed by atoms with van der Waals surface area (Å²) in [6.07, 6.45) is 6.40. The van der Waals surface area contributed by atoms with Gasteiger partial charge in [0.1, 0.15) is 0 Å². The fourth-order valence-corrected chi connectivity index (χ4v) is 2.02. The van der Waals surface area contributed by atoms with E-state index in [0.29, 0.717) is 12.1 Å². The molecule has 0 saturated heterocycles. The van der Waals surface area contributed by atoms with Gasteiger partial charge in [-0.25, -0.2) is 0 Å². The van der Waals surface area contributed by atoms with E-state index in [1.807, 2.05) is 0 Å². The van der Waals surface area contributed by atoms with Crippen LogP contribution in [0.2, 0.25) is 0 Å². The first-order valence-electron chi connectivity index (χ1n) is 6.99. The SMILES string of the molecule is Cc1ccc(CCCCNC(=O)c2ccncc2)cc1. The van der Waals surface area contributed by atoms with Gasteiger partial charge in [-0.3, -0.25) is 9.78 Å². The van der Waals surface area contributed by atoms with Crippen LogP contribution in [-0.2, 0) is 6.42 Å². The van der Waals surface area contributed by atoms with Gasteiger partial charge in [-0.05, 0) is 43.9 Å². The molecule has 2 rings (SSSR count). The number of rotatable bonds is 6. The van der Waals surface area contributed by atoms with E-state index < -0.39 is 0 Å². The fourth-order valence-electron chi connectivity index (χ4n) is 2.02. The molecule has 0 aliphatic carbocycles. The molecule has 0 aliphatic heterocycles. The van der Waals surface area contributed by atoms with Crippen LogP contribution in [-0.4, -0.2) is 17.4 Å². The molecule has 104 valence electrons. The lowest BCUT2D eigenvalue weighted by molar-refractivity contribution is 0.0953. The average Bonchev–Trinajstić information content (AvgIpc) is 2.49. The normalized spacial score (nSPS) is 10.2. The Morgan fingerprint density at radius 3 is 2.45 bits per heavy atom. The summed E-state index contributed by atoms with van der Waals surface area (Å²) in [6, 6.07) is 12.1. The number of hydrogen-bond donors (Lipinski definition) is 1. The summed E-state index contributed by atoms with van der Waals surface area (Å²) in [5, 5.41) is 2.93. The van der Waals surface area contributed by atoms with Crippen LogP contribution in [0.4, 0.5) is 0 Å². The van der Waals surface area contributed by atoms with E-state index >= 15 is 0 Å². The third-order valence-corrected chi connectivity index (χ3v) is 3.24. The first kappa shape index (κ1) is 14.3. The number of carbonyl (C=O) groups excluding carboxylic acids is 1. The van der Waals surface area contributed by atoms with Crippen LogP contribution in [0, 0.1) is 6.92 Å². The Labute approximate surface area is 120 Å². The molecular weight excluding hydrogens is 248 g/mol. The van der Waals surface area contributed by atoms with E-state index in [2.05, 4.69) is 41.5 Å². The van der Waals surface area contributed by atoms with Crippen molar-refractivity contribution in [1.82, 2.24) is 10.3 Å². The monoisotopic (exact) mass is 268 g/mol. The number of hydrogen-bond acceptors (Lipinski definition) is 2. The van der Waals surface area contributed by atoms with Gasteiger partial charge in [-0.15, -0.1) is 0 Å². The van der Waals surface area contributed by atoms with E-state index in [9.17, 15) is 4.79 Å². The molecular formula is C17H20N2O. The summed E-state index contributed by atoms with van der Waals surface area (Å²) in [5.41, 5.74) is 3.31. The number of unbranched alkanes of at least 4 members (excludes halogenated alkanes) is 1. The molecule has 1 amide bonds. The van der Waals surface area contributed by atoms with Gasteiger partial charge in [0.05, 0.1) is 0 Å². The van der Waals surface area contributed by atoms with Gasteiger partial charge >= 0.3 is 0 Å². The average molecular weight is 268 g/mol. The first-order chi connectivity index (χ1) is 9.75. The van der Waals surface area contributed by atoms with Crippen molar-refractivity contribution >= 4 is 5.91 Å². The van der Waals surface area contributed by atoms with Gasteiger partial charge in [0.15, 0.2) is 0 Å². The largest absolute Gasteiger partial charge is 0.352 e. The molecule has 2 aromatic rings. The van der Waals surface area contributed by atoms with Crippen LogP contribution in [0.3, 0.4) is 0 Å². The number of carbonyl (C=O) groups is 1. The van der Waals surface area contributed by atoms with E-state index in [1.54, 1.807) is 24.5 Å². The lowest BCUT2D eigenvalue weighted by Gasteiger charge is -2.05. The van der Waals surface area contributed by atoms with Gasteiger partial charge in [-0.1, -0.05) is 29.8 Å². The van der Waals surface area contributed by atoms with Crippen molar-refractivity contribution in [1.29, 1.82) is 0 Å². The topological polar surface area (TPSA) is 42.0 Å². The van der Waals surface area contributed by atoms with Crippen molar-refractivity contribution in [2.24, 2.45) is 0 Å². The first-order valence-corrected chi connectivity index (χ1v) is 6.99. The predicted octanol–water partition coefficient (Wildman–Crippen LogP) is 3.14. The minimum atomic E-state index is -0.0252. The molecule has 0 atom stereocenters. The van der Waals surface area contributed by atoms with E-state index in [1.165, 1.54) is 11.1 Å². The number of nitrogens with zero attached hydrogens (tertiary/aromatic N) is 1. The molecule has 1 aromatic carbocycles. The Morgan fingerprint density at radius 1 is 1.05 bits per heavy atom. The zero-order valence-corrected chi connectivity index (χ0v) is 11.8. The highest BCUT2D eigenvalue weighted by atomic mass is 16.1. The third kappa shape index (κ3) is 4.50. The molecule has 0 bridgehead atoms. The molecule has 0 saturated carbocycles. The summed E-state index contributed by atoms with van der Waals surface area (Å²) >= 11 is 0. The zero-order chi connectivity index (χ0) is 14.2. The summed E-state index contributed by atoms with van der Waals surface area (Å²) in [7, 11) is 0. The third-order valence-electron chi connectivity index (χ3n) is 3.24. The van der Waals surface area contributed by atoms with Crippen molar-refractivity contribution in [2.75, 3.05) is 6.54 Å². The Morgan fingerprint density at radius 2 is 1.75 bits per heavy atom. The van der Waals surface area contributed by atoms with E-state index in [-0.39, 0.29) is 5.91 Å². The van der Waals surface area contributed by atoms with Crippen molar-refractivity contribution in [3.05, 3.63) is 65.5 Å². The molecule has 1 heterocycles. The minimum absolute atomic E-state index is 0.0252. The number of nitrogens with one attached hydrogen (secondary N) is 1. The van der Waals surface area contributed by atoms with E-state index in [0.717, 1.165) is 19.3 Å². The van der Waals surface area contributed by atoms with Crippen LogP contribution in [0.5, 0.6) is 0 Å². The van der Waals surface area contributed by atoms with Crippen molar-refractivity contribution in [3.63, 3.8) is 0 Å². The number of aryl methyl sites for hydroxylation is 2. The summed E-state index contributed by atoms with van der Waals surface area (Å²) in [4.78, 5) is 15.7. The van der Waals surface area contributed by atoms with Crippen LogP contribution in [0.25, 0.3) is 0 Å². The van der Waals surface area contributed by atoms with Crippen LogP contribution in [0.15, 0.2) is 48.8 Å². The second-order valence-electron chi connectivity index (χ2n) is 4.93. The molecule has 0 aliphatic rings. The highest BCUT2D eigenvalue weighted by molar-refractivity contribution is 5.93. The maximum atomic E-state index is 11.8. The lowest BCUT2D eigenvalue weighted by Crippen LogP contribution is -2.24. The maximum absolute atomic E-state index is 11.8. The van der Waals surface area contributed by atoms with Gasteiger partial charge in [0.2, 0.25) is 0 Å². The second-order valence-corrected chi connectivity index (χ2v) is 4.93. The Bertz CT molecular complexity index is 535. The standard InChI is InChI=1S/C17H20N2O/c1-14-5-7-15(8-6-14)4-2-3-11-19-17(20)16-9-12-18-13-10-16/h5-10,12-13H,2-4,11H2,1H3,(H,19,20). The fraction of sp³-hybridized carbons (Fsp3) is 0.294. The molecule has 1 aromatic heterocycles. The molecule has 20 heavy (non-hydrogen) atoms. The zero-order valence-electron chi connectivity index (χ0n) is 11.8. The molecule has 3 heteroatoms. The number of amides is 1. The lowest BCUT2D eigenvalue weighted by atomic mass is 10.1.